The molecule has 0 saturated heterocycles. The predicted octanol–water partition coefficient (Wildman–Crippen LogP) is 4.18. The fourth-order valence-electron chi connectivity index (χ4n) is 4.35. The molecule has 1 aliphatic rings. The maximum atomic E-state index is 14.6. The number of alkyl halides is 4. The molecule has 1 aromatic carbocycles. The second-order valence-electron chi connectivity index (χ2n) is 10.2. The second kappa shape index (κ2) is 13.9. The van der Waals surface area contributed by atoms with Crippen LogP contribution in [0.4, 0.5) is 32.2 Å². The SMILES string of the molecule is COc1ccc(F)c(CNC(=O)c2cn(CC(F)CCn3cc(NC(=O)CC4=CC(C)(OC(F)(F)F)CC=C4F)nn3)nn2)c1. The zero-order chi connectivity index (χ0) is 32.8. The molecule has 0 saturated carbocycles. The van der Waals surface area contributed by atoms with Crippen molar-refractivity contribution < 1.29 is 45.4 Å². The van der Waals surface area contributed by atoms with Crippen LogP contribution >= 0.6 is 0 Å². The summed E-state index contributed by atoms with van der Waals surface area (Å²) in [5, 5.41) is 19.9. The Morgan fingerprint density at radius 3 is 2.62 bits per heavy atom. The number of ether oxygens (including phenoxy) is 2. The van der Waals surface area contributed by atoms with Crippen molar-refractivity contribution in [3.05, 3.63) is 71.2 Å². The molecular weight excluding hydrogens is 614 g/mol. The van der Waals surface area contributed by atoms with Crippen molar-refractivity contribution in [3.8, 4) is 5.75 Å². The van der Waals surface area contributed by atoms with E-state index in [1.54, 1.807) is 0 Å². The van der Waals surface area contributed by atoms with Crippen LogP contribution in [0.5, 0.6) is 5.75 Å². The molecule has 2 unspecified atom stereocenters. The van der Waals surface area contributed by atoms with Crippen LogP contribution in [0.3, 0.4) is 0 Å². The van der Waals surface area contributed by atoms with Gasteiger partial charge in [-0.15, -0.1) is 23.4 Å². The fraction of sp³-hybridized carbons (Fsp3) is 0.407. The molecular formula is C27H28F6N8O4. The summed E-state index contributed by atoms with van der Waals surface area (Å²) in [7, 11) is 1.43. The first-order valence-corrected chi connectivity index (χ1v) is 13.4. The molecule has 2 aromatic heterocycles. The highest BCUT2D eigenvalue weighted by molar-refractivity contribution is 5.92. The summed E-state index contributed by atoms with van der Waals surface area (Å²) >= 11 is 0. The van der Waals surface area contributed by atoms with Crippen LogP contribution in [-0.4, -0.2) is 67.0 Å². The first-order valence-electron chi connectivity index (χ1n) is 13.4. The molecule has 2 amide bonds. The summed E-state index contributed by atoms with van der Waals surface area (Å²) < 4.78 is 92.4. The molecule has 242 valence electrons. The molecule has 0 fully saturated rings. The Morgan fingerprint density at radius 2 is 1.89 bits per heavy atom. The van der Waals surface area contributed by atoms with E-state index in [2.05, 4.69) is 36.0 Å². The largest absolute Gasteiger partial charge is 0.523 e. The Hall–Kier alpha value is -4.74. The molecule has 2 atom stereocenters. The number of anilines is 1. The Kier molecular flexibility index (Phi) is 10.3. The smallest absolute Gasteiger partial charge is 0.497 e. The van der Waals surface area contributed by atoms with Gasteiger partial charge in [-0.25, -0.2) is 17.9 Å². The number of hydrogen-bond donors (Lipinski definition) is 2. The van der Waals surface area contributed by atoms with Gasteiger partial charge in [-0.2, -0.15) is 0 Å². The number of nitrogens with one attached hydrogen (secondary N) is 2. The van der Waals surface area contributed by atoms with Gasteiger partial charge in [0.1, 0.15) is 23.6 Å². The number of hydrogen-bond acceptors (Lipinski definition) is 8. The van der Waals surface area contributed by atoms with Crippen molar-refractivity contribution in [3.63, 3.8) is 0 Å². The maximum Gasteiger partial charge on any atom is 0.523 e. The molecule has 2 N–H and O–H groups in total. The average Bonchev–Trinajstić information content (AvgIpc) is 3.62. The standard InChI is InChI=1S/C27H28F6N8O4/c1-26(45-27(31,32)33)7-5-21(30)16(11-26)10-24(42)35-23-15-40(39-37-23)8-6-18(28)13-41-14-22(36-38-41)25(43)34-12-17-9-19(44-2)3-4-20(17)29/h3-5,9,11,14-15,18H,6-8,10,12-13H2,1-2H3,(H,34,43)(H,35,42). The van der Waals surface area contributed by atoms with Crippen LogP contribution in [0.1, 0.15) is 42.2 Å². The van der Waals surface area contributed by atoms with E-state index in [0.717, 1.165) is 23.8 Å². The van der Waals surface area contributed by atoms with Gasteiger partial charge in [-0.1, -0.05) is 10.4 Å². The monoisotopic (exact) mass is 642 g/mol. The minimum Gasteiger partial charge on any atom is -0.497 e. The zero-order valence-electron chi connectivity index (χ0n) is 23.9. The number of halogens is 6. The van der Waals surface area contributed by atoms with Crippen LogP contribution < -0.4 is 15.4 Å². The third kappa shape index (κ3) is 9.62. The summed E-state index contributed by atoms with van der Waals surface area (Å²) in [5.41, 5.74) is -2.05. The van der Waals surface area contributed by atoms with Crippen LogP contribution in [-0.2, 0) is 29.2 Å². The first-order chi connectivity index (χ1) is 21.2. The summed E-state index contributed by atoms with van der Waals surface area (Å²) in [6, 6.07) is 4.09. The van der Waals surface area contributed by atoms with E-state index in [4.69, 9.17) is 4.74 Å². The Bertz CT molecular complexity index is 1590. The van der Waals surface area contributed by atoms with Crippen LogP contribution in [0.25, 0.3) is 0 Å². The molecule has 4 rings (SSSR count). The topological polar surface area (TPSA) is 138 Å². The number of allylic oxidation sites excluding steroid dienone is 1. The number of nitrogens with zero attached hydrogens (tertiary/aromatic N) is 6. The lowest BCUT2D eigenvalue weighted by Gasteiger charge is -2.30. The molecule has 45 heavy (non-hydrogen) atoms. The highest BCUT2D eigenvalue weighted by Gasteiger charge is 2.41. The van der Waals surface area contributed by atoms with E-state index < -0.39 is 48.0 Å². The minimum absolute atomic E-state index is 0.0355. The molecule has 0 bridgehead atoms. The summed E-state index contributed by atoms with van der Waals surface area (Å²) in [5.74, 6) is -2.39. The first kappa shape index (κ1) is 33.2. The molecule has 1 aliphatic carbocycles. The quantitative estimate of drug-likeness (QED) is 0.265. The third-order valence-corrected chi connectivity index (χ3v) is 6.50. The van der Waals surface area contributed by atoms with Gasteiger partial charge in [0.05, 0.1) is 38.1 Å². The number of aromatic nitrogens is 6. The van der Waals surface area contributed by atoms with Crippen molar-refractivity contribution in [1.82, 2.24) is 35.3 Å². The Balaban J connectivity index is 1.22. The summed E-state index contributed by atoms with van der Waals surface area (Å²) in [6.07, 6.45) is -3.04. The molecule has 2 heterocycles. The van der Waals surface area contributed by atoms with Gasteiger partial charge in [0.25, 0.3) is 5.91 Å². The predicted molar refractivity (Wildman–Crippen MR) is 144 cm³/mol. The van der Waals surface area contributed by atoms with E-state index in [-0.39, 0.29) is 55.1 Å². The van der Waals surface area contributed by atoms with Gasteiger partial charge < -0.3 is 15.4 Å². The van der Waals surface area contributed by atoms with E-state index in [9.17, 15) is 35.9 Å². The number of benzene rings is 1. The van der Waals surface area contributed by atoms with Gasteiger partial charge in [-0.05, 0) is 42.8 Å². The lowest BCUT2D eigenvalue weighted by Crippen LogP contribution is -2.35. The number of carbonyl (C=O) groups excluding carboxylic acids is 2. The van der Waals surface area contributed by atoms with Crippen molar-refractivity contribution in [2.45, 2.75) is 64.0 Å². The molecule has 18 heteroatoms. The van der Waals surface area contributed by atoms with Crippen LogP contribution in [0.2, 0.25) is 0 Å². The maximum absolute atomic E-state index is 14.6. The number of amides is 2. The number of aryl methyl sites for hydroxylation is 1. The molecule has 3 aromatic rings. The van der Waals surface area contributed by atoms with Crippen LogP contribution in [0.15, 0.2) is 54.1 Å². The minimum atomic E-state index is -4.95. The Labute approximate surface area is 252 Å². The molecule has 0 radical (unpaired) electrons. The fourth-order valence-corrected chi connectivity index (χ4v) is 4.35. The van der Waals surface area contributed by atoms with Gasteiger partial charge in [0, 0.05) is 31.5 Å². The van der Waals surface area contributed by atoms with Gasteiger partial charge >= 0.3 is 6.36 Å². The van der Waals surface area contributed by atoms with Crippen molar-refractivity contribution >= 4 is 17.6 Å². The van der Waals surface area contributed by atoms with E-state index in [1.807, 2.05) is 0 Å². The lowest BCUT2D eigenvalue weighted by molar-refractivity contribution is -0.355. The zero-order valence-corrected chi connectivity index (χ0v) is 23.9. The summed E-state index contributed by atoms with van der Waals surface area (Å²) in [6.45, 7) is 0.781. The van der Waals surface area contributed by atoms with Gasteiger partial charge in [0.2, 0.25) is 5.91 Å². The van der Waals surface area contributed by atoms with Gasteiger partial charge in [0.15, 0.2) is 11.5 Å². The number of methoxy groups -OCH3 is 1. The van der Waals surface area contributed by atoms with Crippen molar-refractivity contribution in [1.29, 1.82) is 0 Å². The normalized spacial score (nSPS) is 17.3. The lowest BCUT2D eigenvalue weighted by atomic mass is 9.91. The van der Waals surface area contributed by atoms with E-state index in [0.29, 0.717) is 5.75 Å². The number of carbonyl (C=O) groups is 2. The molecule has 0 spiro atoms. The van der Waals surface area contributed by atoms with E-state index in [1.165, 1.54) is 42.4 Å². The highest BCUT2D eigenvalue weighted by atomic mass is 19.4. The number of rotatable bonds is 13. The average molecular weight is 643 g/mol. The molecule has 0 aliphatic heterocycles. The second-order valence-corrected chi connectivity index (χ2v) is 10.2. The van der Waals surface area contributed by atoms with Crippen molar-refractivity contribution in [2.24, 2.45) is 0 Å². The Morgan fingerprint density at radius 1 is 1.13 bits per heavy atom. The third-order valence-electron chi connectivity index (χ3n) is 6.50. The van der Waals surface area contributed by atoms with Crippen molar-refractivity contribution in [2.75, 3.05) is 12.4 Å². The van der Waals surface area contributed by atoms with Crippen LogP contribution in [0, 0.1) is 5.82 Å². The highest BCUT2D eigenvalue weighted by Crippen LogP contribution is 2.36. The molecule has 12 nitrogen and oxygen atoms in total. The summed E-state index contributed by atoms with van der Waals surface area (Å²) in [4.78, 5) is 24.8. The van der Waals surface area contributed by atoms with Gasteiger partial charge in [-0.3, -0.25) is 19.0 Å². The van der Waals surface area contributed by atoms with E-state index >= 15 is 0 Å².